The highest BCUT2D eigenvalue weighted by Crippen LogP contribution is 2.27. The van der Waals surface area contributed by atoms with Gasteiger partial charge in [-0.15, -0.1) is 0 Å². The molecular formula is C14H16N4O4S. The fourth-order valence-corrected chi connectivity index (χ4v) is 4.43. The van der Waals surface area contributed by atoms with E-state index in [1.54, 1.807) is 26.4 Å². The van der Waals surface area contributed by atoms with E-state index in [-0.39, 0.29) is 17.1 Å². The van der Waals surface area contributed by atoms with Crippen molar-refractivity contribution in [3.63, 3.8) is 0 Å². The van der Waals surface area contributed by atoms with Gasteiger partial charge < -0.3 is 9.67 Å². The van der Waals surface area contributed by atoms with Crippen LogP contribution in [0.4, 0.5) is 0 Å². The number of hydrogen-bond donors (Lipinski definition) is 1. The molecule has 1 aliphatic heterocycles. The van der Waals surface area contributed by atoms with Gasteiger partial charge in [-0.2, -0.15) is 14.5 Å². The molecule has 23 heavy (non-hydrogen) atoms. The molecule has 3 rings (SSSR count). The van der Waals surface area contributed by atoms with Crippen LogP contribution in [0.25, 0.3) is 0 Å². The number of rotatable bonds is 3. The predicted octanol–water partition coefficient (Wildman–Crippen LogP) is 0.569. The monoisotopic (exact) mass is 336 g/mol. The van der Waals surface area contributed by atoms with E-state index >= 15 is 0 Å². The lowest BCUT2D eigenvalue weighted by Gasteiger charge is -2.27. The van der Waals surface area contributed by atoms with Crippen LogP contribution in [0.1, 0.15) is 27.3 Å². The van der Waals surface area contributed by atoms with Gasteiger partial charge >= 0.3 is 5.97 Å². The number of nitrogens with zero attached hydrogens (tertiary/aromatic N) is 4. The third-order valence-electron chi connectivity index (χ3n) is 4.21. The Kier molecular flexibility index (Phi) is 3.69. The van der Waals surface area contributed by atoms with Gasteiger partial charge in [0, 0.05) is 25.8 Å². The molecule has 2 aromatic rings. The van der Waals surface area contributed by atoms with Crippen molar-refractivity contribution in [3.8, 4) is 0 Å². The molecular weight excluding hydrogens is 320 g/mol. The van der Waals surface area contributed by atoms with Gasteiger partial charge in [-0.3, -0.25) is 0 Å². The summed E-state index contributed by atoms with van der Waals surface area (Å²) < 4.78 is 28.5. The van der Waals surface area contributed by atoms with Crippen LogP contribution in [0.15, 0.2) is 23.4 Å². The standard InChI is InChI=1S/C14H16N4O4S/c1-9-13(5-12(14(19)20)17(9)2)23(21,22)18-4-3-10-6-15-16-7-11(10)8-18/h5-7H,3-4,8H2,1-2H3,(H,19,20). The lowest BCUT2D eigenvalue weighted by molar-refractivity contribution is 0.0686. The minimum Gasteiger partial charge on any atom is -0.477 e. The molecule has 8 nitrogen and oxygen atoms in total. The van der Waals surface area contributed by atoms with Gasteiger partial charge in [-0.25, -0.2) is 13.2 Å². The Morgan fingerprint density at radius 3 is 2.52 bits per heavy atom. The molecule has 122 valence electrons. The quantitative estimate of drug-likeness (QED) is 0.878. The number of carbonyl (C=O) groups is 1. The summed E-state index contributed by atoms with van der Waals surface area (Å²) in [6.07, 6.45) is 3.77. The van der Waals surface area contributed by atoms with Crippen LogP contribution in [-0.4, -0.2) is 45.1 Å². The van der Waals surface area contributed by atoms with E-state index in [2.05, 4.69) is 10.2 Å². The van der Waals surface area contributed by atoms with E-state index in [9.17, 15) is 13.2 Å². The normalized spacial score (nSPS) is 15.4. The summed E-state index contributed by atoms with van der Waals surface area (Å²) in [7, 11) is -2.23. The molecule has 0 saturated carbocycles. The van der Waals surface area contributed by atoms with E-state index in [0.717, 1.165) is 11.1 Å². The van der Waals surface area contributed by atoms with Crippen molar-refractivity contribution in [3.05, 3.63) is 41.0 Å². The number of hydrogen-bond acceptors (Lipinski definition) is 5. The fraction of sp³-hybridized carbons (Fsp3) is 0.357. The third kappa shape index (κ3) is 2.51. The summed E-state index contributed by atoms with van der Waals surface area (Å²) in [5.74, 6) is -1.16. The first-order valence-electron chi connectivity index (χ1n) is 7.00. The van der Waals surface area contributed by atoms with Crippen molar-refractivity contribution in [1.82, 2.24) is 19.1 Å². The Labute approximate surface area is 133 Å². The molecule has 0 aliphatic carbocycles. The van der Waals surface area contributed by atoms with Crippen molar-refractivity contribution in [1.29, 1.82) is 0 Å². The molecule has 0 amide bonds. The number of aromatic carboxylic acids is 1. The lowest BCUT2D eigenvalue weighted by atomic mass is 10.1. The molecule has 3 heterocycles. The molecule has 0 atom stereocenters. The molecule has 0 unspecified atom stereocenters. The Hall–Kier alpha value is -2.26. The zero-order valence-electron chi connectivity index (χ0n) is 12.7. The first-order valence-corrected chi connectivity index (χ1v) is 8.44. The van der Waals surface area contributed by atoms with Gasteiger partial charge in [0.15, 0.2) is 0 Å². The van der Waals surface area contributed by atoms with Crippen LogP contribution in [0.5, 0.6) is 0 Å². The lowest BCUT2D eigenvalue weighted by Crippen LogP contribution is -2.36. The first kappa shape index (κ1) is 15.6. The molecule has 9 heteroatoms. The van der Waals surface area contributed by atoms with Crippen LogP contribution in [0.2, 0.25) is 0 Å². The van der Waals surface area contributed by atoms with Crippen LogP contribution >= 0.6 is 0 Å². The van der Waals surface area contributed by atoms with Crippen LogP contribution in [0, 0.1) is 6.92 Å². The van der Waals surface area contributed by atoms with Crippen LogP contribution in [-0.2, 0) is 30.0 Å². The summed E-state index contributed by atoms with van der Waals surface area (Å²) in [4.78, 5) is 11.2. The van der Waals surface area contributed by atoms with Crippen molar-refractivity contribution in [2.75, 3.05) is 6.54 Å². The average molecular weight is 336 g/mol. The van der Waals surface area contributed by atoms with Crippen molar-refractivity contribution in [2.45, 2.75) is 24.8 Å². The van der Waals surface area contributed by atoms with Crippen molar-refractivity contribution < 1.29 is 18.3 Å². The highest BCUT2D eigenvalue weighted by molar-refractivity contribution is 7.89. The van der Waals surface area contributed by atoms with Gasteiger partial charge in [-0.05, 0) is 30.5 Å². The zero-order valence-corrected chi connectivity index (χ0v) is 13.5. The van der Waals surface area contributed by atoms with Gasteiger partial charge in [-0.1, -0.05) is 0 Å². The number of aromatic nitrogens is 3. The molecule has 0 aromatic carbocycles. The van der Waals surface area contributed by atoms with Crippen molar-refractivity contribution in [2.24, 2.45) is 7.05 Å². The predicted molar refractivity (Wildman–Crippen MR) is 80.4 cm³/mol. The summed E-state index contributed by atoms with van der Waals surface area (Å²) >= 11 is 0. The SMILES string of the molecule is Cc1c(S(=O)(=O)N2CCc3cnncc3C2)cc(C(=O)O)n1C. The number of carboxylic acid groups (broad SMARTS) is 1. The van der Waals surface area contributed by atoms with Gasteiger partial charge in [0.2, 0.25) is 10.0 Å². The van der Waals surface area contributed by atoms with E-state index in [1.165, 1.54) is 14.9 Å². The molecule has 0 fully saturated rings. The Morgan fingerprint density at radius 1 is 1.26 bits per heavy atom. The minimum atomic E-state index is -3.77. The Balaban J connectivity index is 2.01. The molecule has 1 N–H and O–H groups in total. The molecule has 0 saturated heterocycles. The fourth-order valence-electron chi connectivity index (χ4n) is 2.74. The summed E-state index contributed by atoms with van der Waals surface area (Å²) in [5.41, 5.74) is 2.16. The van der Waals surface area contributed by atoms with Crippen LogP contribution < -0.4 is 0 Å². The highest BCUT2D eigenvalue weighted by Gasteiger charge is 2.32. The Morgan fingerprint density at radius 2 is 1.91 bits per heavy atom. The highest BCUT2D eigenvalue weighted by atomic mass is 32.2. The molecule has 0 radical (unpaired) electrons. The first-order chi connectivity index (χ1) is 10.8. The number of carboxylic acids is 1. The van der Waals surface area contributed by atoms with Crippen LogP contribution in [0.3, 0.4) is 0 Å². The molecule has 2 aromatic heterocycles. The third-order valence-corrected chi connectivity index (χ3v) is 6.17. The second kappa shape index (κ2) is 5.43. The largest absolute Gasteiger partial charge is 0.477 e. The average Bonchev–Trinajstić information content (AvgIpc) is 2.83. The van der Waals surface area contributed by atoms with Crippen molar-refractivity contribution >= 4 is 16.0 Å². The topological polar surface area (TPSA) is 105 Å². The summed E-state index contributed by atoms with van der Waals surface area (Å²) in [6.45, 7) is 2.14. The smallest absolute Gasteiger partial charge is 0.352 e. The maximum atomic E-state index is 12.9. The van der Waals surface area contributed by atoms with E-state index in [1.807, 2.05) is 0 Å². The number of fused-ring (bicyclic) bond motifs is 1. The number of sulfonamides is 1. The van der Waals surface area contributed by atoms with Gasteiger partial charge in [0.1, 0.15) is 10.6 Å². The van der Waals surface area contributed by atoms with Gasteiger partial charge in [0.25, 0.3) is 0 Å². The summed E-state index contributed by atoms with van der Waals surface area (Å²) in [5, 5.41) is 16.8. The summed E-state index contributed by atoms with van der Waals surface area (Å²) in [6, 6.07) is 1.22. The van der Waals surface area contributed by atoms with E-state index in [0.29, 0.717) is 18.7 Å². The maximum Gasteiger partial charge on any atom is 0.352 e. The maximum absolute atomic E-state index is 12.9. The minimum absolute atomic E-state index is 0.0304. The molecule has 1 aliphatic rings. The second-order valence-corrected chi connectivity index (χ2v) is 7.38. The van der Waals surface area contributed by atoms with E-state index < -0.39 is 16.0 Å². The Bertz CT molecular complexity index is 888. The van der Waals surface area contributed by atoms with Gasteiger partial charge in [0.05, 0.1) is 12.4 Å². The van der Waals surface area contributed by atoms with E-state index in [4.69, 9.17) is 5.11 Å². The second-order valence-electron chi connectivity index (χ2n) is 5.47. The zero-order chi connectivity index (χ0) is 16.8. The molecule has 0 bridgehead atoms. The molecule has 0 spiro atoms.